The lowest BCUT2D eigenvalue weighted by Crippen LogP contribution is -2.16. The topological polar surface area (TPSA) is 58.5 Å². The molecule has 0 spiro atoms. The predicted molar refractivity (Wildman–Crippen MR) is 78.2 cm³/mol. The molecule has 3 aromatic rings. The number of H-pyrrole nitrogens is 1. The third-order valence-electron chi connectivity index (χ3n) is 3.80. The van der Waals surface area contributed by atoms with Crippen molar-refractivity contribution in [2.24, 2.45) is 7.05 Å². The molecule has 1 saturated carbocycles. The molecule has 1 aliphatic carbocycles. The Balaban J connectivity index is 1.60. The highest BCUT2D eigenvalue weighted by molar-refractivity contribution is 5.81. The summed E-state index contributed by atoms with van der Waals surface area (Å²) in [7, 11) is 2.01. The third-order valence-corrected chi connectivity index (χ3v) is 3.80. The second kappa shape index (κ2) is 4.45. The van der Waals surface area contributed by atoms with Crippen LogP contribution < -0.4 is 5.32 Å². The maximum absolute atomic E-state index is 4.43. The van der Waals surface area contributed by atoms with Crippen LogP contribution in [0.25, 0.3) is 22.3 Å². The zero-order valence-electron chi connectivity index (χ0n) is 11.4. The average Bonchev–Trinajstić information content (AvgIpc) is 3.05. The van der Waals surface area contributed by atoms with Crippen molar-refractivity contribution in [2.75, 3.05) is 0 Å². The molecule has 0 unspecified atom stereocenters. The van der Waals surface area contributed by atoms with Crippen molar-refractivity contribution in [3.63, 3.8) is 0 Å². The maximum atomic E-state index is 4.43. The molecule has 0 atom stereocenters. The molecule has 2 heterocycles. The van der Waals surface area contributed by atoms with Crippen LogP contribution in [-0.2, 0) is 13.6 Å². The van der Waals surface area contributed by atoms with Gasteiger partial charge in [-0.05, 0) is 25.0 Å². The van der Waals surface area contributed by atoms with Crippen LogP contribution >= 0.6 is 0 Å². The van der Waals surface area contributed by atoms with Crippen LogP contribution in [0.4, 0.5) is 0 Å². The monoisotopic (exact) mass is 267 g/mol. The minimum atomic E-state index is 0.702. The van der Waals surface area contributed by atoms with E-state index in [0.717, 1.165) is 34.7 Å². The first kappa shape index (κ1) is 11.7. The van der Waals surface area contributed by atoms with E-state index in [2.05, 4.69) is 38.5 Å². The van der Waals surface area contributed by atoms with Gasteiger partial charge in [-0.15, -0.1) is 0 Å². The molecule has 1 aromatic carbocycles. The third kappa shape index (κ3) is 2.10. The Bertz CT molecular complexity index is 751. The van der Waals surface area contributed by atoms with Gasteiger partial charge in [0.2, 0.25) is 0 Å². The van der Waals surface area contributed by atoms with Crippen molar-refractivity contribution in [3.05, 3.63) is 36.5 Å². The molecule has 5 nitrogen and oxygen atoms in total. The largest absolute Gasteiger partial charge is 0.341 e. The summed E-state index contributed by atoms with van der Waals surface area (Å²) >= 11 is 0. The molecule has 0 bridgehead atoms. The number of aromatic nitrogens is 4. The van der Waals surface area contributed by atoms with Crippen molar-refractivity contribution < 1.29 is 0 Å². The Morgan fingerprint density at radius 2 is 2.25 bits per heavy atom. The predicted octanol–water partition coefficient (Wildman–Crippen LogP) is 2.22. The van der Waals surface area contributed by atoms with Crippen LogP contribution in [0.5, 0.6) is 0 Å². The number of imidazole rings is 2. The van der Waals surface area contributed by atoms with Crippen LogP contribution in [0.2, 0.25) is 0 Å². The zero-order valence-corrected chi connectivity index (χ0v) is 11.4. The van der Waals surface area contributed by atoms with Crippen molar-refractivity contribution in [3.8, 4) is 11.3 Å². The number of aromatic amines is 1. The summed E-state index contributed by atoms with van der Waals surface area (Å²) in [5.74, 6) is 0.994. The van der Waals surface area contributed by atoms with Crippen molar-refractivity contribution >= 4 is 11.0 Å². The Hall–Kier alpha value is -2.14. The number of nitrogens with one attached hydrogen (secondary N) is 2. The van der Waals surface area contributed by atoms with Crippen molar-refractivity contribution in [1.82, 2.24) is 24.8 Å². The van der Waals surface area contributed by atoms with Crippen LogP contribution in [0.15, 0.2) is 30.7 Å². The summed E-state index contributed by atoms with van der Waals surface area (Å²) < 4.78 is 2.02. The van der Waals surface area contributed by atoms with E-state index in [0.29, 0.717) is 6.04 Å². The fraction of sp³-hybridized carbons (Fsp3) is 0.333. The molecule has 0 radical (unpaired) electrons. The minimum Gasteiger partial charge on any atom is -0.341 e. The Morgan fingerprint density at radius 3 is 3.10 bits per heavy atom. The van der Waals surface area contributed by atoms with Crippen LogP contribution in [0, 0.1) is 0 Å². The number of benzene rings is 1. The second-order valence-electron chi connectivity index (χ2n) is 5.46. The molecule has 20 heavy (non-hydrogen) atoms. The molecular formula is C15H17N5. The molecule has 1 aliphatic rings. The quantitative estimate of drug-likeness (QED) is 0.762. The van der Waals surface area contributed by atoms with Crippen molar-refractivity contribution in [2.45, 2.75) is 25.4 Å². The zero-order chi connectivity index (χ0) is 13.5. The van der Waals surface area contributed by atoms with Gasteiger partial charge >= 0.3 is 0 Å². The molecule has 1 fully saturated rings. The lowest BCUT2D eigenvalue weighted by atomic mass is 10.1. The lowest BCUT2D eigenvalue weighted by Gasteiger charge is -2.00. The highest BCUT2D eigenvalue weighted by Crippen LogP contribution is 2.23. The summed E-state index contributed by atoms with van der Waals surface area (Å²) in [6.07, 6.45) is 6.33. The molecule has 4 rings (SSSR count). The minimum absolute atomic E-state index is 0.702. The summed E-state index contributed by atoms with van der Waals surface area (Å²) in [4.78, 5) is 12.2. The molecule has 0 saturated heterocycles. The van der Waals surface area contributed by atoms with Crippen LogP contribution in [0.3, 0.4) is 0 Å². The Labute approximate surface area is 117 Å². The standard InChI is InChI=1S/C15H17N5/c1-20-9-18-12-6-10(2-5-14(12)20)13-7-17-15(19-13)8-16-11-3-4-11/h2,5-7,9,11,16H,3-4,8H2,1H3,(H,17,19). The fourth-order valence-corrected chi connectivity index (χ4v) is 2.43. The SMILES string of the molecule is Cn1cnc2cc(-c3cnc(CNC4CC4)[nH]3)ccc21. The van der Waals surface area contributed by atoms with E-state index in [1.165, 1.54) is 12.8 Å². The molecule has 2 aromatic heterocycles. The van der Waals surface area contributed by atoms with E-state index >= 15 is 0 Å². The summed E-state index contributed by atoms with van der Waals surface area (Å²) in [6.45, 7) is 0.816. The van der Waals surface area contributed by atoms with Crippen LogP contribution in [0.1, 0.15) is 18.7 Å². The first-order valence-electron chi connectivity index (χ1n) is 6.98. The number of rotatable bonds is 4. The fourth-order valence-electron chi connectivity index (χ4n) is 2.43. The summed E-state index contributed by atoms with van der Waals surface area (Å²) in [5, 5.41) is 3.46. The number of hydrogen-bond donors (Lipinski definition) is 2. The first-order valence-corrected chi connectivity index (χ1v) is 6.98. The van der Waals surface area contributed by atoms with Gasteiger partial charge in [0, 0.05) is 18.7 Å². The number of fused-ring (bicyclic) bond motifs is 1. The van der Waals surface area contributed by atoms with E-state index in [1.807, 2.05) is 24.1 Å². The van der Waals surface area contributed by atoms with Gasteiger partial charge in [-0.25, -0.2) is 9.97 Å². The highest BCUT2D eigenvalue weighted by Gasteiger charge is 2.20. The normalized spacial score (nSPS) is 15.1. The van der Waals surface area contributed by atoms with E-state index < -0.39 is 0 Å². The van der Waals surface area contributed by atoms with Gasteiger partial charge in [0.25, 0.3) is 0 Å². The van der Waals surface area contributed by atoms with Gasteiger partial charge in [-0.2, -0.15) is 0 Å². The number of nitrogens with zero attached hydrogens (tertiary/aromatic N) is 3. The van der Waals surface area contributed by atoms with E-state index in [1.54, 1.807) is 0 Å². The number of aryl methyl sites for hydroxylation is 1. The number of hydrogen-bond acceptors (Lipinski definition) is 3. The molecular weight excluding hydrogens is 250 g/mol. The van der Waals surface area contributed by atoms with Gasteiger partial charge in [0.1, 0.15) is 5.82 Å². The summed E-state index contributed by atoms with van der Waals surface area (Å²) in [5.41, 5.74) is 4.33. The van der Waals surface area contributed by atoms with Crippen LogP contribution in [-0.4, -0.2) is 25.6 Å². The maximum Gasteiger partial charge on any atom is 0.120 e. The molecule has 5 heteroatoms. The van der Waals surface area contributed by atoms with Gasteiger partial charge in [0.15, 0.2) is 0 Å². The smallest absolute Gasteiger partial charge is 0.120 e. The van der Waals surface area contributed by atoms with Gasteiger partial charge in [-0.3, -0.25) is 0 Å². The highest BCUT2D eigenvalue weighted by atomic mass is 15.0. The molecule has 0 aliphatic heterocycles. The summed E-state index contributed by atoms with van der Waals surface area (Å²) in [6, 6.07) is 7.01. The lowest BCUT2D eigenvalue weighted by molar-refractivity contribution is 0.664. The molecule has 102 valence electrons. The molecule has 0 amide bonds. The van der Waals surface area contributed by atoms with Crippen molar-refractivity contribution in [1.29, 1.82) is 0 Å². The van der Waals surface area contributed by atoms with Gasteiger partial charge in [0.05, 0.1) is 35.8 Å². The van der Waals surface area contributed by atoms with E-state index in [4.69, 9.17) is 0 Å². The Kier molecular flexibility index (Phi) is 2.60. The van der Waals surface area contributed by atoms with Gasteiger partial charge in [-0.1, -0.05) is 6.07 Å². The van der Waals surface area contributed by atoms with Gasteiger partial charge < -0.3 is 14.9 Å². The first-order chi connectivity index (χ1) is 9.79. The Morgan fingerprint density at radius 1 is 1.35 bits per heavy atom. The van der Waals surface area contributed by atoms with E-state index in [9.17, 15) is 0 Å². The second-order valence-corrected chi connectivity index (χ2v) is 5.46. The van der Waals surface area contributed by atoms with E-state index in [-0.39, 0.29) is 0 Å². The average molecular weight is 267 g/mol. The molecule has 2 N–H and O–H groups in total.